The molecule has 0 atom stereocenters. The first-order chi connectivity index (χ1) is 3.46. The zero-order valence-electron chi connectivity index (χ0n) is 4.71. The smallest absolute Gasteiger partial charge is 0.257 e. The molecule has 0 saturated carbocycles. The largest absolute Gasteiger partial charge is 0.486 e. The number of carbonyl (C=O) groups is 2. The molecule has 0 unspecified atom stereocenters. The summed E-state index contributed by atoms with van der Waals surface area (Å²) in [6, 6.07) is 0. The topological polar surface area (TPSA) is 74.6 Å². The molecule has 0 fully saturated rings. The summed E-state index contributed by atoms with van der Waals surface area (Å²) in [5.41, 5.74) is -1.39. The molecular formula is C2H8O4Si2. The van der Waals surface area contributed by atoms with Crippen LogP contribution in [0.3, 0.4) is 0 Å². The first-order valence-electron chi connectivity index (χ1n) is 1.86. The molecule has 0 spiro atoms. The van der Waals surface area contributed by atoms with Gasteiger partial charge in [0, 0.05) is 0 Å². The van der Waals surface area contributed by atoms with Crippen LogP contribution in [0.15, 0.2) is 0 Å². The molecule has 8 heavy (non-hydrogen) atoms. The van der Waals surface area contributed by atoms with Crippen LogP contribution in [-0.2, 0) is 0 Å². The van der Waals surface area contributed by atoms with Gasteiger partial charge in [-0.05, 0) is 0 Å². The Hall–Kier alpha value is -0.626. The summed E-state index contributed by atoms with van der Waals surface area (Å²) in [5.74, 6) is 0. The van der Waals surface area contributed by atoms with Gasteiger partial charge in [0.05, 0.1) is 0 Å². The van der Waals surface area contributed by atoms with Crippen molar-refractivity contribution >= 4 is 31.7 Å². The van der Waals surface area contributed by atoms with Gasteiger partial charge in [0.2, 0.25) is 0 Å². The van der Waals surface area contributed by atoms with Crippen molar-refractivity contribution in [1.29, 1.82) is 0 Å². The molecule has 0 aliphatic heterocycles. The molecule has 0 aliphatic rings. The molecule has 4 nitrogen and oxygen atoms in total. The predicted octanol–water partition coefficient (Wildman–Crippen LogP) is -1.94. The molecule has 0 saturated heterocycles. The highest BCUT2D eigenvalue weighted by Crippen LogP contribution is 1.41. The van der Waals surface area contributed by atoms with E-state index >= 15 is 0 Å². The molecule has 2 N–H and O–H groups in total. The van der Waals surface area contributed by atoms with E-state index in [4.69, 9.17) is 19.8 Å². The summed E-state index contributed by atoms with van der Waals surface area (Å²) >= 11 is 0. The Balaban J connectivity index is 0. The normalized spacial score (nSPS) is 7.00. The molecule has 0 rings (SSSR count). The van der Waals surface area contributed by atoms with Gasteiger partial charge in [0.15, 0.2) is 0 Å². The lowest BCUT2D eigenvalue weighted by molar-refractivity contribution is 0.219. The molecule has 0 aliphatic carbocycles. The highest BCUT2D eigenvalue weighted by Gasteiger charge is 1.65. The van der Waals surface area contributed by atoms with Gasteiger partial charge in [-0.15, -0.1) is 0 Å². The monoisotopic (exact) mass is 152 g/mol. The Kier molecular flexibility index (Phi) is 8.26. The van der Waals surface area contributed by atoms with Crippen molar-refractivity contribution in [3.05, 3.63) is 0 Å². The van der Waals surface area contributed by atoms with E-state index in [-0.39, 0.29) is 20.5 Å². The fourth-order valence-corrected chi connectivity index (χ4v) is 0. The van der Waals surface area contributed by atoms with E-state index in [0.29, 0.717) is 0 Å². The molecule has 0 bridgehead atoms. The Morgan fingerprint density at radius 2 is 1.00 bits per heavy atom. The lowest BCUT2D eigenvalue weighted by Gasteiger charge is -1.59. The summed E-state index contributed by atoms with van der Waals surface area (Å²) < 4.78 is 0. The molecule has 0 aromatic heterocycles. The Bertz CT molecular complexity index is 70.0. The molecule has 0 amide bonds. The minimum Gasteiger partial charge on any atom is -0.486 e. The van der Waals surface area contributed by atoms with Gasteiger partial charge in [-0.3, -0.25) is 9.59 Å². The Morgan fingerprint density at radius 1 is 1.00 bits per heavy atom. The van der Waals surface area contributed by atoms with Crippen LogP contribution in [0.2, 0.25) is 0 Å². The standard InChI is InChI=1S/2CH4O2Si/c2*2-1(3)4/h2*4H3,(H,2,3). The molecular weight excluding hydrogens is 144 g/mol. The Morgan fingerprint density at radius 3 is 1.00 bits per heavy atom. The molecule has 0 radical (unpaired) electrons. The molecule has 0 heterocycles. The molecule has 0 aromatic rings. The molecule has 6 heteroatoms. The van der Waals surface area contributed by atoms with Crippen LogP contribution in [0.25, 0.3) is 0 Å². The first-order valence-corrected chi connectivity index (χ1v) is 3.86. The summed E-state index contributed by atoms with van der Waals surface area (Å²) in [7, 11) is 0.531. The molecule has 48 valence electrons. The third-order valence-electron chi connectivity index (χ3n) is 0. The van der Waals surface area contributed by atoms with E-state index in [2.05, 4.69) is 0 Å². The van der Waals surface area contributed by atoms with E-state index in [0.717, 1.165) is 0 Å². The van der Waals surface area contributed by atoms with Crippen molar-refractivity contribution < 1.29 is 19.8 Å². The summed E-state index contributed by atoms with van der Waals surface area (Å²) in [6.45, 7) is 0. The number of hydrogen-bond donors (Lipinski definition) is 2. The second-order valence-electron chi connectivity index (χ2n) is 1.04. The predicted molar refractivity (Wildman–Crippen MR) is 35.9 cm³/mol. The van der Waals surface area contributed by atoms with E-state index in [9.17, 15) is 0 Å². The van der Waals surface area contributed by atoms with Gasteiger partial charge >= 0.3 is 0 Å². The van der Waals surface area contributed by atoms with Crippen LogP contribution in [0.1, 0.15) is 0 Å². The minimum atomic E-state index is -0.694. The third-order valence-corrected chi connectivity index (χ3v) is 0. The third kappa shape index (κ3) is 262. The van der Waals surface area contributed by atoms with Crippen molar-refractivity contribution in [2.75, 3.05) is 0 Å². The lowest BCUT2D eigenvalue weighted by Crippen LogP contribution is -1.83. The van der Waals surface area contributed by atoms with Crippen molar-refractivity contribution in [2.24, 2.45) is 0 Å². The van der Waals surface area contributed by atoms with E-state index in [1.165, 1.54) is 0 Å². The van der Waals surface area contributed by atoms with Gasteiger partial charge in [0.1, 0.15) is 20.5 Å². The average molecular weight is 152 g/mol. The number of hydrogen-bond acceptors (Lipinski definition) is 2. The SMILES string of the molecule is O=C(O)[SiH3].O=C(O)[SiH3]. The van der Waals surface area contributed by atoms with E-state index in [1.54, 1.807) is 0 Å². The van der Waals surface area contributed by atoms with E-state index in [1.807, 2.05) is 0 Å². The van der Waals surface area contributed by atoms with Gasteiger partial charge in [-0.25, -0.2) is 0 Å². The number of carboxylic acid groups (broad SMARTS) is 2. The van der Waals surface area contributed by atoms with Gasteiger partial charge in [-0.2, -0.15) is 0 Å². The van der Waals surface area contributed by atoms with Crippen molar-refractivity contribution in [1.82, 2.24) is 0 Å². The second-order valence-corrected chi connectivity index (χ2v) is 2.75. The summed E-state index contributed by atoms with van der Waals surface area (Å²) in [5, 5.41) is 15.0. The van der Waals surface area contributed by atoms with Crippen LogP contribution in [0, 0.1) is 0 Å². The van der Waals surface area contributed by atoms with Crippen LogP contribution in [0.4, 0.5) is 9.59 Å². The fourth-order valence-electron chi connectivity index (χ4n) is 0. The maximum atomic E-state index is 9.06. The Labute approximate surface area is 52.4 Å². The second kappa shape index (κ2) is 6.37. The van der Waals surface area contributed by atoms with Crippen LogP contribution >= 0.6 is 0 Å². The maximum absolute atomic E-state index is 9.06. The quantitative estimate of drug-likeness (QED) is 0.396. The maximum Gasteiger partial charge on any atom is 0.257 e. The van der Waals surface area contributed by atoms with Gasteiger partial charge in [0.25, 0.3) is 11.2 Å². The summed E-state index contributed by atoms with van der Waals surface area (Å²) in [6.07, 6.45) is 0. The fraction of sp³-hybridized carbons (Fsp3) is 0. The zero-order valence-corrected chi connectivity index (χ0v) is 8.71. The van der Waals surface area contributed by atoms with E-state index < -0.39 is 11.2 Å². The lowest BCUT2D eigenvalue weighted by atomic mass is 11.6. The minimum absolute atomic E-state index is 0.265. The average Bonchev–Trinajstić information content (AvgIpc) is 1.25. The van der Waals surface area contributed by atoms with Crippen LogP contribution in [0.5, 0.6) is 0 Å². The van der Waals surface area contributed by atoms with Crippen molar-refractivity contribution in [2.45, 2.75) is 0 Å². The van der Waals surface area contributed by atoms with Crippen LogP contribution in [-0.4, -0.2) is 41.9 Å². The molecule has 0 aromatic carbocycles. The highest BCUT2D eigenvalue weighted by molar-refractivity contribution is 6.54. The van der Waals surface area contributed by atoms with Crippen molar-refractivity contribution in [3.63, 3.8) is 0 Å². The highest BCUT2D eigenvalue weighted by atomic mass is 28.1. The van der Waals surface area contributed by atoms with Gasteiger partial charge < -0.3 is 10.2 Å². The van der Waals surface area contributed by atoms with Crippen LogP contribution < -0.4 is 0 Å². The summed E-state index contributed by atoms with van der Waals surface area (Å²) in [4.78, 5) is 18.1. The first kappa shape index (κ1) is 10.4. The zero-order chi connectivity index (χ0) is 7.15. The van der Waals surface area contributed by atoms with Crippen molar-refractivity contribution in [3.8, 4) is 0 Å². The number of rotatable bonds is 0. The van der Waals surface area contributed by atoms with Gasteiger partial charge in [-0.1, -0.05) is 0 Å².